The maximum absolute atomic E-state index is 13.5. The van der Waals surface area contributed by atoms with Gasteiger partial charge in [-0.15, -0.1) is 0 Å². The van der Waals surface area contributed by atoms with Gasteiger partial charge in [-0.2, -0.15) is 0 Å². The third-order valence-corrected chi connectivity index (χ3v) is 7.00. The van der Waals surface area contributed by atoms with Crippen molar-refractivity contribution in [2.75, 3.05) is 11.9 Å². The van der Waals surface area contributed by atoms with E-state index in [4.69, 9.17) is 10.7 Å². The van der Waals surface area contributed by atoms with Crippen LogP contribution in [-0.4, -0.2) is 44.8 Å². The topological polar surface area (TPSA) is 110 Å². The highest BCUT2D eigenvalue weighted by Crippen LogP contribution is 2.27. The number of carbonyl (C=O) groups excluding carboxylic acids is 3. The summed E-state index contributed by atoms with van der Waals surface area (Å²) in [6.07, 6.45) is 13.7. The molecule has 3 N–H and O–H groups in total. The molecule has 37 heavy (non-hydrogen) atoms. The lowest BCUT2D eigenvalue weighted by Crippen LogP contribution is -2.41. The maximum Gasteiger partial charge on any atom is 0.257 e. The van der Waals surface area contributed by atoms with Crippen LogP contribution in [0, 0.1) is 0 Å². The molecular weight excluding hydrogens is 466 g/mol. The van der Waals surface area contributed by atoms with Gasteiger partial charge in [0.05, 0.1) is 11.0 Å². The molecule has 0 radical (unpaired) electrons. The number of hydrogen-bond donors (Lipinski definition) is 2. The molecule has 1 aliphatic rings. The Hall–Kier alpha value is -3.42. The molecule has 0 saturated heterocycles. The van der Waals surface area contributed by atoms with Crippen LogP contribution in [0.3, 0.4) is 0 Å². The quantitative estimate of drug-likeness (QED) is 0.230. The number of imidazole rings is 1. The van der Waals surface area contributed by atoms with E-state index in [0.717, 1.165) is 24.8 Å². The van der Waals surface area contributed by atoms with Crippen LogP contribution in [0.4, 0.5) is 5.95 Å². The number of anilines is 1. The monoisotopic (exact) mass is 507 g/mol. The summed E-state index contributed by atoms with van der Waals surface area (Å²) in [6, 6.07) is 5.87. The summed E-state index contributed by atoms with van der Waals surface area (Å²) in [5.74, 6) is -0.121. The number of nitrogens with two attached hydrogens (primary N) is 1. The van der Waals surface area contributed by atoms with E-state index in [1.165, 1.54) is 19.3 Å². The van der Waals surface area contributed by atoms with Crippen LogP contribution in [-0.2, 0) is 16.1 Å². The third kappa shape index (κ3) is 7.31. The molecule has 0 unspecified atom stereocenters. The Bertz CT molecular complexity index is 1160. The van der Waals surface area contributed by atoms with Crippen LogP contribution < -0.4 is 11.1 Å². The van der Waals surface area contributed by atoms with Gasteiger partial charge in [-0.25, -0.2) is 4.98 Å². The summed E-state index contributed by atoms with van der Waals surface area (Å²) in [7, 11) is 0. The number of aromatic nitrogens is 2. The SMILES string of the molecule is C/C=C(\C=C/CC)C(=O)Nc1nc2cc(C(=O)N(CC)C3CCCCC3)ccc2n1CCCCC(N)=O. The van der Waals surface area contributed by atoms with Crippen LogP contribution >= 0.6 is 0 Å². The first-order valence-corrected chi connectivity index (χ1v) is 13.6. The molecule has 3 amide bonds. The molecule has 1 heterocycles. The maximum atomic E-state index is 13.5. The molecule has 0 spiro atoms. The smallest absolute Gasteiger partial charge is 0.257 e. The average molecular weight is 508 g/mol. The van der Waals surface area contributed by atoms with Gasteiger partial charge in [-0.1, -0.05) is 44.4 Å². The molecule has 2 aromatic rings. The average Bonchev–Trinajstić information content (AvgIpc) is 3.23. The van der Waals surface area contributed by atoms with Crippen LogP contribution in [0.15, 0.2) is 42.0 Å². The fourth-order valence-corrected chi connectivity index (χ4v) is 5.00. The van der Waals surface area contributed by atoms with Crippen molar-refractivity contribution in [2.24, 2.45) is 5.73 Å². The molecule has 1 aliphatic carbocycles. The lowest BCUT2D eigenvalue weighted by molar-refractivity contribution is -0.118. The molecule has 8 nitrogen and oxygen atoms in total. The number of aryl methyl sites for hydroxylation is 1. The molecule has 0 atom stereocenters. The van der Waals surface area contributed by atoms with E-state index in [9.17, 15) is 14.4 Å². The van der Waals surface area contributed by atoms with Crippen molar-refractivity contribution < 1.29 is 14.4 Å². The van der Waals surface area contributed by atoms with Gasteiger partial charge in [0.15, 0.2) is 0 Å². The number of unbranched alkanes of at least 4 members (excludes halogenated alkanes) is 1. The number of benzene rings is 1. The Balaban J connectivity index is 1.91. The predicted molar refractivity (Wildman–Crippen MR) is 148 cm³/mol. The number of fused-ring (bicyclic) bond motifs is 1. The van der Waals surface area contributed by atoms with Crippen LogP contribution in [0.25, 0.3) is 11.0 Å². The highest BCUT2D eigenvalue weighted by atomic mass is 16.2. The molecule has 200 valence electrons. The fraction of sp³-hybridized carbons (Fsp3) is 0.517. The summed E-state index contributed by atoms with van der Waals surface area (Å²) < 4.78 is 1.94. The van der Waals surface area contributed by atoms with Gasteiger partial charge in [0, 0.05) is 36.7 Å². The van der Waals surface area contributed by atoms with E-state index in [0.29, 0.717) is 55.0 Å². The van der Waals surface area contributed by atoms with E-state index >= 15 is 0 Å². The van der Waals surface area contributed by atoms with Gasteiger partial charge in [-0.3, -0.25) is 19.7 Å². The van der Waals surface area contributed by atoms with Crippen molar-refractivity contribution in [1.29, 1.82) is 0 Å². The first-order chi connectivity index (χ1) is 17.9. The normalized spacial score (nSPS) is 14.8. The van der Waals surface area contributed by atoms with Crippen LogP contribution in [0.1, 0.15) is 88.9 Å². The van der Waals surface area contributed by atoms with Crippen molar-refractivity contribution in [3.05, 3.63) is 47.6 Å². The van der Waals surface area contributed by atoms with Crippen LogP contribution in [0.2, 0.25) is 0 Å². The number of carbonyl (C=O) groups is 3. The van der Waals surface area contributed by atoms with E-state index < -0.39 is 0 Å². The number of rotatable bonds is 12. The third-order valence-electron chi connectivity index (χ3n) is 7.00. The van der Waals surface area contributed by atoms with Gasteiger partial charge in [0.2, 0.25) is 11.9 Å². The van der Waals surface area contributed by atoms with Crippen molar-refractivity contribution in [1.82, 2.24) is 14.5 Å². The van der Waals surface area contributed by atoms with Gasteiger partial charge in [0.1, 0.15) is 0 Å². The first kappa shape index (κ1) is 28.2. The highest BCUT2D eigenvalue weighted by molar-refractivity contribution is 6.05. The van der Waals surface area contributed by atoms with Crippen LogP contribution in [0.5, 0.6) is 0 Å². The summed E-state index contributed by atoms with van der Waals surface area (Å²) in [5, 5.41) is 2.95. The van der Waals surface area contributed by atoms with E-state index in [1.807, 2.05) is 54.5 Å². The Morgan fingerprint density at radius 3 is 2.57 bits per heavy atom. The molecule has 1 aromatic heterocycles. The van der Waals surface area contributed by atoms with Gasteiger partial charge in [-0.05, 0) is 64.2 Å². The number of nitrogens with zero attached hydrogens (tertiary/aromatic N) is 3. The number of hydrogen-bond acceptors (Lipinski definition) is 4. The summed E-state index contributed by atoms with van der Waals surface area (Å²) in [5.41, 5.74) is 7.94. The molecule has 0 bridgehead atoms. The zero-order chi connectivity index (χ0) is 26.8. The van der Waals surface area contributed by atoms with Crippen molar-refractivity contribution in [3.8, 4) is 0 Å². The van der Waals surface area contributed by atoms with Crippen molar-refractivity contribution >= 4 is 34.7 Å². The Kier molecular flexibility index (Phi) is 10.5. The molecule has 8 heteroatoms. The molecule has 1 saturated carbocycles. The standard InChI is InChI=1S/C29H41N5O3/c1-4-7-13-21(5-2)27(36)32-29-31-24-20-22(28(37)33(6-3)23-14-9-8-10-15-23)17-18-25(24)34(29)19-12-11-16-26(30)35/h5,7,13,17-18,20,23H,4,6,8-12,14-16,19H2,1-3H3,(H2,30,35)(H,31,32,36)/b13-7-,21-5+. The number of allylic oxidation sites excluding steroid dienone is 2. The zero-order valence-electron chi connectivity index (χ0n) is 22.5. The lowest BCUT2D eigenvalue weighted by Gasteiger charge is -2.33. The fourth-order valence-electron chi connectivity index (χ4n) is 5.00. The molecule has 1 aromatic carbocycles. The second-order valence-corrected chi connectivity index (χ2v) is 9.61. The summed E-state index contributed by atoms with van der Waals surface area (Å²) in [6.45, 7) is 7.11. The molecule has 3 rings (SSSR count). The minimum absolute atomic E-state index is 0.0267. The minimum Gasteiger partial charge on any atom is -0.370 e. The number of amides is 3. The number of nitrogens with one attached hydrogen (secondary N) is 1. The highest BCUT2D eigenvalue weighted by Gasteiger charge is 2.26. The Labute approximate surface area is 220 Å². The second kappa shape index (κ2) is 13.8. The lowest BCUT2D eigenvalue weighted by atomic mass is 9.93. The van der Waals surface area contributed by atoms with E-state index in [-0.39, 0.29) is 23.8 Å². The summed E-state index contributed by atoms with van der Waals surface area (Å²) >= 11 is 0. The zero-order valence-corrected chi connectivity index (χ0v) is 22.5. The van der Waals surface area contributed by atoms with E-state index in [2.05, 4.69) is 5.32 Å². The Morgan fingerprint density at radius 1 is 1.16 bits per heavy atom. The second-order valence-electron chi connectivity index (χ2n) is 9.61. The van der Waals surface area contributed by atoms with Gasteiger partial charge in [0.25, 0.3) is 11.8 Å². The van der Waals surface area contributed by atoms with E-state index in [1.54, 1.807) is 12.2 Å². The molecule has 0 aliphatic heterocycles. The number of primary amides is 1. The van der Waals surface area contributed by atoms with Gasteiger partial charge >= 0.3 is 0 Å². The van der Waals surface area contributed by atoms with Gasteiger partial charge < -0.3 is 15.2 Å². The minimum atomic E-state index is -0.328. The summed E-state index contributed by atoms with van der Waals surface area (Å²) in [4.78, 5) is 44.3. The van der Waals surface area contributed by atoms with Crippen molar-refractivity contribution in [3.63, 3.8) is 0 Å². The first-order valence-electron chi connectivity index (χ1n) is 13.6. The molecular formula is C29H41N5O3. The van der Waals surface area contributed by atoms with Crippen molar-refractivity contribution in [2.45, 2.75) is 91.1 Å². The Morgan fingerprint density at radius 2 is 1.92 bits per heavy atom. The largest absolute Gasteiger partial charge is 0.370 e. The molecule has 1 fully saturated rings. The predicted octanol–water partition coefficient (Wildman–Crippen LogP) is 5.34.